The molecule has 0 aromatic heterocycles. The van der Waals surface area contributed by atoms with Crippen LogP contribution in [0.4, 0.5) is 0 Å². The number of hydrazone groups is 1. The molecule has 3 aliphatic heterocycles. The molecular formula is C21H27N3O. The van der Waals surface area contributed by atoms with E-state index < -0.39 is 0 Å². The van der Waals surface area contributed by atoms with Gasteiger partial charge in [-0.2, -0.15) is 5.10 Å². The van der Waals surface area contributed by atoms with Crippen LogP contribution in [0.2, 0.25) is 0 Å². The zero-order chi connectivity index (χ0) is 16.9. The minimum atomic E-state index is 0.355. The molecule has 1 aromatic rings. The fraction of sp³-hybridized carbons (Fsp3) is 0.476. The van der Waals surface area contributed by atoms with Crippen LogP contribution >= 0.6 is 0 Å². The second-order valence-electron chi connectivity index (χ2n) is 7.10. The third kappa shape index (κ3) is 3.96. The molecule has 1 atom stereocenters. The van der Waals surface area contributed by atoms with Gasteiger partial charge in [-0.25, -0.2) is 0 Å². The molecule has 3 aliphatic rings. The Labute approximate surface area is 150 Å². The van der Waals surface area contributed by atoms with Gasteiger partial charge in [0.1, 0.15) is 5.75 Å². The number of rotatable bonds is 6. The van der Waals surface area contributed by atoms with Gasteiger partial charge < -0.3 is 10.1 Å². The summed E-state index contributed by atoms with van der Waals surface area (Å²) in [6.07, 6.45) is 14.4. The van der Waals surface area contributed by atoms with Crippen molar-refractivity contribution in [2.45, 2.75) is 38.1 Å². The first kappa shape index (κ1) is 16.4. The van der Waals surface area contributed by atoms with E-state index in [4.69, 9.17) is 9.84 Å². The highest BCUT2D eigenvalue weighted by Crippen LogP contribution is 2.28. The molecule has 1 unspecified atom stereocenters. The van der Waals surface area contributed by atoms with E-state index >= 15 is 0 Å². The number of ether oxygens (including phenoxy) is 1. The zero-order valence-corrected chi connectivity index (χ0v) is 14.7. The summed E-state index contributed by atoms with van der Waals surface area (Å²) in [7, 11) is 0. The quantitative estimate of drug-likeness (QED) is 0.804. The maximum atomic E-state index is 6.14. The van der Waals surface area contributed by atoms with Crippen LogP contribution in [-0.4, -0.2) is 36.5 Å². The molecule has 25 heavy (non-hydrogen) atoms. The van der Waals surface area contributed by atoms with Crippen LogP contribution in [0.15, 0.2) is 53.8 Å². The third-order valence-corrected chi connectivity index (χ3v) is 5.33. The number of nitrogens with one attached hydrogen (secondary N) is 1. The second kappa shape index (κ2) is 7.87. The number of hydrogen-bond donors (Lipinski definition) is 1. The maximum Gasteiger partial charge on any atom is 0.128 e. The van der Waals surface area contributed by atoms with Gasteiger partial charge in [0.05, 0.1) is 18.4 Å². The highest BCUT2D eigenvalue weighted by Gasteiger charge is 2.26. The van der Waals surface area contributed by atoms with E-state index in [1.165, 1.54) is 32.4 Å². The molecule has 3 heterocycles. The second-order valence-corrected chi connectivity index (χ2v) is 7.10. The summed E-state index contributed by atoms with van der Waals surface area (Å²) in [5.74, 6) is 1.84. The van der Waals surface area contributed by atoms with Crippen LogP contribution < -0.4 is 10.1 Å². The van der Waals surface area contributed by atoms with Crippen LogP contribution in [0.5, 0.6) is 5.75 Å². The smallest absolute Gasteiger partial charge is 0.128 e. The van der Waals surface area contributed by atoms with Crippen molar-refractivity contribution in [1.29, 1.82) is 0 Å². The van der Waals surface area contributed by atoms with E-state index in [0.29, 0.717) is 6.04 Å². The first-order chi connectivity index (χ1) is 12.4. The summed E-state index contributed by atoms with van der Waals surface area (Å²) in [5, 5.41) is 10.2. The van der Waals surface area contributed by atoms with Crippen molar-refractivity contribution < 1.29 is 4.74 Å². The summed E-state index contributed by atoms with van der Waals surface area (Å²) < 4.78 is 6.14. The Morgan fingerprint density at radius 2 is 2.04 bits per heavy atom. The summed E-state index contributed by atoms with van der Waals surface area (Å²) in [4.78, 5) is 0. The summed E-state index contributed by atoms with van der Waals surface area (Å²) in [5.41, 5.74) is 2.26. The molecule has 4 heteroatoms. The van der Waals surface area contributed by atoms with E-state index in [9.17, 15) is 0 Å². The number of hydrogen-bond acceptors (Lipinski definition) is 4. The molecule has 1 saturated heterocycles. The summed E-state index contributed by atoms with van der Waals surface area (Å²) >= 11 is 0. The van der Waals surface area contributed by atoms with Crippen molar-refractivity contribution in [3.8, 4) is 5.75 Å². The van der Waals surface area contributed by atoms with Crippen molar-refractivity contribution in [2.75, 3.05) is 19.7 Å². The van der Waals surface area contributed by atoms with Gasteiger partial charge in [-0.05, 0) is 62.9 Å². The van der Waals surface area contributed by atoms with Crippen molar-refractivity contribution in [3.05, 3.63) is 54.3 Å². The number of benzene rings is 1. The Morgan fingerprint density at radius 1 is 1.16 bits per heavy atom. The predicted molar refractivity (Wildman–Crippen MR) is 102 cm³/mol. The molecule has 4 rings (SSSR count). The SMILES string of the molecule is C1=CC2CC(c3ccccc3OCCCC3CCNCC3)=NN2C=C1. The standard InChI is InChI=1S/C21H27N3O/c1-2-9-21(25-15-5-6-17-10-12-22-13-11-17)19(8-1)20-16-18-7-3-4-14-24(18)23-20/h1-4,7-9,14,17-18,22H,5-6,10-13,15-16H2. The molecule has 0 saturated carbocycles. The fourth-order valence-corrected chi connectivity index (χ4v) is 3.90. The Kier molecular flexibility index (Phi) is 5.17. The molecule has 0 spiro atoms. The van der Waals surface area contributed by atoms with Crippen molar-refractivity contribution in [3.63, 3.8) is 0 Å². The van der Waals surface area contributed by atoms with Crippen molar-refractivity contribution in [1.82, 2.24) is 10.3 Å². The molecule has 4 nitrogen and oxygen atoms in total. The highest BCUT2D eigenvalue weighted by atomic mass is 16.5. The molecular weight excluding hydrogens is 310 g/mol. The first-order valence-electron chi connectivity index (χ1n) is 9.54. The first-order valence-corrected chi connectivity index (χ1v) is 9.54. The van der Waals surface area contributed by atoms with Gasteiger partial charge in [0.2, 0.25) is 0 Å². The average Bonchev–Trinajstić information content (AvgIpc) is 3.10. The molecule has 1 aromatic carbocycles. The Morgan fingerprint density at radius 3 is 2.92 bits per heavy atom. The maximum absolute atomic E-state index is 6.14. The van der Waals surface area contributed by atoms with Crippen molar-refractivity contribution >= 4 is 5.71 Å². The van der Waals surface area contributed by atoms with Crippen LogP contribution in [-0.2, 0) is 0 Å². The summed E-state index contributed by atoms with van der Waals surface area (Å²) in [6.45, 7) is 3.14. The number of para-hydroxylation sites is 1. The van der Waals surface area contributed by atoms with Gasteiger partial charge in [0.15, 0.2) is 0 Å². The Bertz CT molecular complexity index is 673. The lowest BCUT2D eigenvalue weighted by atomic mass is 9.93. The topological polar surface area (TPSA) is 36.9 Å². The van der Waals surface area contributed by atoms with E-state index in [0.717, 1.165) is 42.4 Å². The Hall–Kier alpha value is -2.07. The van der Waals surface area contributed by atoms with E-state index in [1.807, 2.05) is 23.4 Å². The van der Waals surface area contributed by atoms with Gasteiger partial charge >= 0.3 is 0 Å². The lowest BCUT2D eigenvalue weighted by Gasteiger charge is -2.22. The van der Waals surface area contributed by atoms with Gasteiger partial charge in [-0.1, -0.05) is 24.3 Å². The third-order valence-electron chi connectivity index (χ3n) is 5.33. The predicted octanol–water partition coefficient (Wildman–Crippen LogP) is 3.71. The minimum Gasteiger partial charge on any atom is -0.493 e. The van der Waals surface area contributed by atoms with E-state index in [1.54, 1.807) is 0 Å². The number of fused-ring (bicyclic) bond motifs is 1. The zero-order valence-electron chi connectivity index (χ0n) is 14.7. The van der Waals surface area contributed by atoms with Crippen LogP contribution in [0.25, 0.3) is 0 Å². The lowest BCUT2D eigenvalue weighted by molar-refractivity contribution is 0.273. The van der Waals surface area contributed by atoms with Crippen LogP contribution in [0, 0.1) is 5.92 Å². The van der Waals surface area contributed by atoms with Gasteiger partial charge in [0, 0.05) is 18.2 Å². The molecule has 0 aliphatic carbocycles. The molecule has 0 amide bonds. The fourth-order valence-electron chi connectivity index (χ4n) is 3.90. The highest BCUT2D eigenvalue weighted by molar-refractivity contribution is 6.04. The minimum absolute atomic E-state index is 0.355. The van der Waals surface area contributed by atoms with Crippen LogP contribution in [0.3, 0.4) is 0 Å². The van der Waals surface area contributed by atoms with Gasteiger partial charge in [-0.15, -0.1) is 0 Å². The molecule has 0 radical (unpaired) electrons. The van der Waals surface area contributed by atoms with Gasteiger partial charge in [-0.3, -0.25) is 5.01 Å². The Balaban J connectivity index is 1.35. The van der Waals surface area contributed by atoms with Gasteiger partial charge in [0.25, 0.3) is 0 Å². The van der Waals surface area contributed by atoms with Crippen molar-refractivity contribution in [2.24, 2.45) is 11.0 Å². The summed E-state index contributed by atoms with van der Waals surface area (Å²) in [6, 6.07) is 8.68. The average molecular weight is 337 g/mol. The van der Waals surface area contributed by atoms with E-state index in [2.05, 4.69) is 35.7 Å². The molecule has 1 N–H and O–H groups in total. The normalized spacial score (nSPS) is 22.8. The lowest BCUT2D eigenvalue weighted by Crippen LogP contribution is -2.27. The molecule has 132 valence electrons. The number of piperidine rings is 1. The number of allylic oxidation sites excluding steroid dienone is 2. The largest absolute Gasteiger partial charge is 0.493 e. The number of nitrogens with zero attached hydrogens (tertiary/aromatic N) is 2. The monoisotopic (exact) mass is 337 g/mol. The van der Waals surface area contributed by atoms with E-state index in [-0.39, 0.29) is 0 Å². The molecule has 0 bridgehead atoms. The molecule has 1 fully saturated rings. The van der Waals surface area contributed by atoms with Crippen LogP contribution in [0.1, 0.15) is 37.7 Å².